The molecular formula is C55H68N12OS. The van der Waals surface area contributed by atoms with Crippen LogP contribution in [0.1, 0.15) is 104 Å². The molecule has 0 spiro atoms. The fourth-order valence-corrected chi connectivity index (χ4v) is 12.1. The summed E-state index contributed by atoms with van der Waals surface area (Å²) in [6.45, 7) is 23.4. The lowest BCUT2D eigenvalue weighted by molar-refractivity contribution is 0.0658. The Hall–Kier alpha value is -6.25. The Morgan fingerprint density at radius 3 is 2.45 bits per heavy atom. The highest BCUT2D eigenvalue weighted by molar-refractivity contribution is 7.17. The third-order valence-electron chi connectivity index (χ3n) is 15.0. The molecular weight excluding hydrogens is 877 g/mol. The smallest absolute Gasteiger partial charge is 0.255 e. The molecule has 360 valence electrons. The first-order chi connectivity index (χ1) is 33.3. The molecule has 0 bridgehead atoms. The van der Waals surface area contributed by atoms with Crippen molar-refractivity contribution < 1.29 is 4.79 Å². The number of nitrogens with zero attached hydrogens (tertiary/aromatic N) is 11. The van der Waals surface area contributed by atoms with Gasteiger partial charge in [0.15, 0.2) is 5.65 Å². The molecule has 0 radical (unpaired) electrons. The Morgan fingerprint density at radius 1 is 0.870 bits per heavy atom. The van der Waals surface area contributed by atoms with Gasteiger partial charge in [-0.1, -0.05) is 37.8 Å². The molecule has 4 saturated heterocycles. The van der Waals surface area contributed by atoms with Crippen molar-refractivity contribution in [2.75, 3.05) is 51.2 Å². The Morgan fingerprint density at radius 2 is 1.67 bits per heavy atom. The highest BCUT2D eigenvalue weighted by Crippen LogP contribution is 2.40. The third kappa shape index (κ3) is 9.21. The molecule has 2 aromatic carbocycles. The summed E-state index contributed by atoms with van der Waals surface area (Å²) in [6.07, 6.45) is 16.8. The lowest BCUT2D eigenvalue weighted by atomic mass is 9.94. The average Bonchev–Trinajstić information content (AvgIpc) is 4.21. The van der Waals surface area contributed by atoms with E-state index in [1.807, 2.05) is 64.0 Å². The maximum atomic E-state index is 13.8. The summed E-state index contributed by atoms with van der Waals surface area (Å²) in [5, 5.41) is 13.9. The van der Waals surface area contributed by atoms with Crippen LogP contribution in [0, 0.1) is 19.8 Å². The lowest BCUT2D eigenvalue weighted by Gasteiger charge is -2.37. The monoisotopic (exact) mass is 945 g/mol. The highest BCUT2D eigenvalue weighted by Gasteiger charge is 2.33. The number of hydrogen-bond donors (Lipinski definition) is 1. The summed E-state index contributed by atoms with van der Waals surface area (Å²) in [5.74, 6) is 3.71. The number of hydrogen-bond acceptors (Lipinski definition) is 11. The minimum atomic E-state index is -0.0602. The number of fused-ring (bicyclic) bond motifs is 3. The summed E-state index contributed by atoms with van der Waals surface area (Å²) in [4.78, 5) is 35.0. The van der Waals surface area contributed by atoms with E-state index in [4.69, 9.17) is 20.8 Å². The number of aryl methyl sites for hydroxylation is 3. The molecule has 2 N–H and O–H groups in total. The van der Waals surface area contributed by atoms with E-state index in [0.717, 1.165) is 134 Å². The molecule has 13 nitrogen and oxygen atoms in total. The summed E-state index contributed by atoms with van der Waals surface area (Å²) in [7, 11) is 3.90. The number of nitrogens with two attached hydrogens (primary N) is 1. The number of aliphatic imine (C=N–C) groups is 1. The average molecular weight is 945 g/mol. The van der Waals surface area contributed by atoms with Gasteiger partial charge in [-0.15, -0.1) is 11.3 Å². The summed E-state index contributed by atoms with van der Waals surface area (Å²) in [6, 6.07) is 15.1. The molecule has 69 heavy (non-hydrogen) atoms. The van der Waals surface area contributed by atoms with E-state index in [1.54, 1.807) is 10.9 Å². The largest absolute Gasteiger partial charge is 0.363 e. The Kier molecular flexibility index (Phi) is 13.0. The molecule has 4 fully saturated rings. The number of thiophene rings is 1. The van der Waals surface area contributed by atoms with Crippen molar-refractivity contribution in [3.05, 3.63) is 131 Å². The second kappa shape index (κ2) is 19.3. The van der Waals surface area contributed by atoms with Crippen molar-refractivity contribution in [3.8, 4) is 0 Å². The number of aromatic nitrogens is 5. The molecule has 4 unspecified atom stereocenters. The summed E-state index contributed by atoms with van der Waals surface area (Å²) in [5.41, 5.74) is 16.8. The SMILES string of the molecule is C=C(/C=C1/N=C(N2CCC(N)C2)C(C)=CN1C)C1CCCCN1C(=O)c1cccc2c1cnn2C.C=C(c1csc2ccc(C)cc12)N1CCCCC1c1cc2nc(N3CCC(C)C3)c(C)cn2n1. The molecule has 11 rings (SSSR count). The number of benzene rings is 2. The van der Waals surface area contributed by atoms with Crippen molar-refractivity contribution >= 4 is 61.2 Å². The number of likely N-dealkylation sites (tertiary alicyclic amines) is 3. The normalized spacial score (nSPS) is 22.7. The Balaban J connectivity index is 0.000000160. The zero-order valence-electron chi connectivity index (χ0n) is 41.4. The van der Waals surface area contributed by atoms with Gasteiger partial charge in [-0.3, -0.25) is 9.48 Å². The van der Waals surface area contributed by atoms with Gasteiger partial charge >= 0.3 is 0 Å². The molecule has 5 aliphatic heterocycles. The van der Waals surface area contributed by atoms with Gasteiger partial charge in [0.05, 0.1) is 35.1 Å². The van der Waals surface area contributed by atoms with Gasteiger partial charge in [0.25, 0.3) is 5.91 Å². The highest BCUT2D eigenvalue weighted by atomic mass is 32.1. The van der Waals surface area contributed by atoms with Crippen LogP contribution < -0.4 is 10.6 Å². The first-order valence-electron chi connectivity index (χ1n) is 25.0. The number of rotatable bonds is 7. The van der Waals surface area contributed by atoms with Gasteiger partial charge < -0.3 is 30.2 Å². The van der Waals surface area contributed by atoms with E-state index in [-0.39, 0.29) is 24.0 Å². The maximum absolute atomic E-state index is 13.8. The third-order valence-corrected chi connectivity index (χ3v) is 15.9. The molecule has 14 heteroatoms. The first-order valence-corrected chi connectivity index (χ1v) is 25.9. The van der Waals surface area contributed by atoms with Crippen LogP contribution in [-0.4, -0.2) is 114 Å². The van der Waals surface area contributed by atoms with Crippen molar-refractivity contribution in [3.63, 3.8) is 0 Å². The van der Waals surface area contributed by atoms with Gasteiger partial charge in [-0.05, 0) is 114 Å². The van der Waals surface area contributed by atoms with Gasteiger partial charge in [-0.2, -0.15) is 10.2 Å². The van der Waals surface area contributed by atoms with Crippen LogP contribution in [0.2, 0.25) is 0 Å². The van der Waals surface area contributed by atoms with E-state index in [1.165, 1.54) is 46.0 Å². The molecule has 0 saturated carbocycles. The predicted octanol–water partition coefficient (Wildman–Crippen LogP) is 9.85. The van der Waals surface area contributed by atoms with Gasteiger partial charge in [0.2, 0.25) is 0 Å². The molecule has 1 amide bonds. The number of amides is 1. The van der Waals surface area contributed by atoms with Crippen LogP contribution in [0.4, 0.5) is 5.82 Å². The van der Waals surface area contributed by atoms with Crippen LogP contribution >= 0.6 is 11.3 Å². The van der Waals surface area contributed by atoms with E-state index < -0.39 is 0 Å². The topological polar surface area (TPSA) is 120 Å². The van der Waals surface area contributed by atoms with Gasteiger partial charge in [0.1, 0.15) is 17.5 Å². The standard InChI is InChI=1S/C28H33N5S.C27H35N7O/c1-18-8-9-26-22(13-18)23(17-34-26)21(4)32-11-6-5-7-25(32)24-14-27-29-28(20(3)16-33(27)30-24)31-12-10-19(2)15-31;1-18(14-25-30-26(19(2)16-31(25)3)33-13-11-20(28)17-33)23-9-5-6-12-34(23)27(35)21-8-7-10-24-22(21)15-29-32(24)4/h8-9,13-14,16-17,19,25H,4-7,10-12,15H2,1-3H3;7-8,10,14-16,20,23H,1,5-6,9,11-13,17,28H2,2-4H3/b;25-14-. The van der Waals surface area contributed by atoms with Crippen LogP contribution in [0.15, 0.2) is 108 Å². The van der Waals surface area contributed by atoms with Crippen LogP contribution in [-0.2, 0) is 7.05 Å². The van der Waals surface area contributed by atoms with Crippen molar-refractivity contribution in [2.24, 2.45) is 23.7 Å². The lowest BCUT2D eigenvalue weighted by Crippen LogP contribution is -2.44. The van der Waals surface area contributed by atoms with E-state index >= 15 is 0 Å². The molecule has 5 aliphatic rings. The fraction of sp³-hybridized carbons (Fsp3) is 0.436. The van der Waals surface area contributed by atoms with Crippen molar-refractivity contribution in [1.29, 1.82) is 0 Å². The number of amidine groups is 1. The summed E-state index contributed by atoms with van der Waals surface area (Å²) < 4.78 is 5.11. The van der Waals surface area contributed by atoms with Crippen molar-refractivity contribution in [2.45, 2.75) is 97.2 Å². The number of carbonyl (C=O) groups excluding carboxylic acids is 1. The molecule has 4 aromatic heterocycles. The zero-order chi connectivity index (χ0) is 48.1. The second-order valence-corrected chi connectivity index (χ2v) is 21.1. The van der Waals surface area contributed by atoms with Crippen LogP contribution in [0.25, 0.3) is 32.3 Å². The van der Waals surface area contributed by atoms with Gasteiger partial charge in [-0.25, -0.2) is 14.5 Å². The van der Waals surface area contributed by atoms with Crippen LogP contribution in [0.3, 0.4) is 0 Å². The predicted molar refractivity (Wildman–Crippen MR) is 282 cm³/mol. The van der Waals surface area contributed by atoms with E-state index in [2.05, 4.69) is 103 Å². The number of anilines is 1. The first kappa shape index (κ1) is 46.5. The van der Waals surface area contributed by atoms with E-state index in [0.29, 0.717) is 5.56 Å². The Bertz CT molecular complexity index is 3040. The Labute approximate surface area is 411 Å². The van der Waals surface area contributed by atoms with E-state index in [9.17, 15) is 4.79 Å². The molecule has 0 aliphatic carbocycles. The van der Waals surface area contributed by atoms with Crippen LogP contribution in [0.5, 0.6) is 0 Å². The number of carbonyl (C=O) groups is 1. The second-order valence-electron chi connectivity index (χ2n) is 20.2. The zero-order valence-corrected chi connectivity index (χ0v) is 42.2. The fourth-order valence-electron chi connectivity index (χ4n) is 11.2. The number of piperidine rings is 2. The minimum absolute atomic E-state index is 0.0378. The maximum Gasteiger partial charge on any atom is 0.255 e. The molecule has 9 heterocycles. The van der Waals surface area contributed by atoms with Crippen molar-refractivity contribution in [1.82, 2.24) is 44.0 Å². The minimum Gasteiger partial charge on any atom is -0.363 e. The molecule has 4 atom stereocenters. The quantitative estimate of drug-likeness (QED) is 0.167. The molecule has 6 aromatic rings. The summed E-state index contributed by atoms with van der Waals surface area (Å²) >= 11 is 1.81. The van der Waals surface area contributed by atoms with Gasteiger partial charge in [0, 0.05) is 121 Å².